The monoisotopic (exact) mass is 262 g/mol. The molecular weight excluding hydrogens is 248 g/mol. The summed E-state index contributed by atoms with van der Waals surface area (Å²) in [6, 6.07) is -0.356. The molecule has 0 saturated carbocycles. The number of nitrogens with zero attached hydrogens (tertiary/aromatic N) is 3. The predicted molar refractivity (Wildman–Crippen MR) is 59.9 cm³/mol. The molecule has 2 aliphatic rings. The normalized spacial score (nSPS) is 26.1. The highest BCUT2D eigenvalue weighted by Gasteiger charge is 2.42. The third-order valence-corrected chi connectivity index (χ3v) is 2.94. The Kier molecular flexibility index (Phi) is 3.60. The van der Waals surface area contributed by atoms with E-state index in [0.717, 1.165) is 5.06 Å². The minimum absolute atomic E-state index is 0.202. The standard InChI is InChI=1S/C8H14N4O4S/c1-15-11-5-7(16-17(2)14)12(8(11)13)6-3-4-9-10-6/h7,9H,3-5H2,1-2H3. The van der Waals surface area contributed by atoms with Crippen molar-refractivity contribution < 1.29 is 18.0 Å². The second-order valence-corrected chi connectivity index (χ2v) is 4.53. The number of urea groups is 1. The van der Waals surface area contributed by atoms with Gasteiger partial charge in [-0.3, -0.25) is 9.02 Å². The van der Waals surface area contributed by atoms with Crippen molar-refractivity contribution in [3.05, 3.63) is 0 Å². The van der Waals surface area contributed by atoms with Crippen molar-refractivity contribution in [3.63, 3.8) is 0 Å². The summed E-state index contributed by atoms with van der Waals surface area (Å²) in [6.07, 6.45) is 1.40. The van der Waals surface area contributed by atoms with E-state index in [2.05, 4.69) is 10.5 Å². The molecule has 2 unspecified atom stereocenters. The largest absolute Gasteiger partial charge is 0.351 e. The molecule has 2 atom stereocenters. The van der Waals surface area contributed by atoms with E-state index in [1.165, 1.54) is 18.3 Å². The van der Waals surface area contributed by atoms with E-state index in [9.17, 15) is 9.00 Å². The summed E-state index contributed by atoms with van der Waals surface area (Å²) >= 11 is -1.46. The van der Waals surface area contributed by atoms with Crippen molar-refractivity contribution in [1.82, 2.24) is 15.4 Å². The molecule has 2 heterocycles. The Morgan fingerprint density at radius 2 is 2.35 bits per heavy atom. The second-order valence-electron chi connectivity index (χ2n) is 3.53. The zero-order valence-corrected chi connectivity index (χ0v) is 10.4. The fraction of sp³-hybridized carbons (Fsp3) is 0.750. The third kappa shape index (κ3) is 2.40. The van der Waals surface area contributed by atoms with E-state index in [1.807, 2.05) is 0 Å². The first kappa shape index (κ1) is 12.3. The van der Waals surface area contributed by atoms with Crippen LogP contribution < -0.4 is 5.43 Å². The molecule has 1 fully saturated rings. The van der Waals surface area contributed by atoms with Crippen LogP contribution in [0.15, 0.2) is 5.10 Å². The van der Waals surface area contributed by atoms with Gasteiger partial charge in [-0.05, 0) is 0 Å². The molecule has 2 aliphatic heterocycles. The number of amidine groups is 1. The summed E-state index contributed by atoms with van der Waals surface area (Å²) in [5, 5.41) is 5.16. The lowest BCUT2D eigenvalue weighted by Gasteiger charge is -2.20. The number of amides is 2. The summed E-state index contributed by atoms with van der Waals surface area (Å²) in [7, 11) is 1.40. The highest BCUT2D eigenvalue weighted by atomic mass is 32.2. The molecule has 2 rings (SSSR count). The molecule has 9 heteroatoms. The van der Waals surface area contributed by atoms with Gasteiger partial charge in [0.2, 0.25) is 0 Å². The van der Waals surface area contributed by atoms with Crippen molar-refractivity contribution in [2.24, 2.45) is 5.10 Å². The molecule has 1 N–H and O–H groups in total. The van der Waals surface area contributed by atoms with Crippen molar-refractivity contribution in [2.45, 2.75) is 12.6 Å². The van der Waals surface area contributed by atoms with Gasteiger partial charge in [0.15, 0.2) is 17.3 Å². The Labute approximate surface area is 101 Å². The van der Waals surface area contributed by atoms with Gasteiger partial charge in [0.25, 0.3) is 0 Å². The van der Waals surface area contributed by atoms with Gasteiger partial charge in [0.05, 0.1) is 13.7 Å². The van der Waals surface area contributed by atoms with Gasteiger partial charge in [-0.15, -0.1) is 0 Å². The number of nitrogens with one attached hydrogen (secondary N) is 1. The molecule has 0 aliphatic carbocycles. The van der Waals surface area contributed by atoms with Gasteiger partial charge in [-0.25, -0.2) is 13.9 Å². The Balaban J connectivity index is 2.17. The molecule has 0 bridgehead atoms. The van der Waals surface area contributed by atoms with Crippen LogP contribution in [0.2, 0.25) is 0 Å². The quantitative estimate of drug-likeness (QED) is 0.722. The smallest absolute Gasteiger partial charge is 0.308 e. The van der Waals surface area contributed by atoms with Crippen molar-refractivity contribution in [3.8, 4) is 0 Å². The molecule has 1 saturated heterocycles. The minimum Gasteiger partial charge on any atom is -0.308 e. The summed E-state index contributed by atoms with van der Waals surface area (Å²) in [4.78, 5) is 18.2. The first-order valence-corrected chi connectivity index (χ1v) is 6.56. The second kappa shape index (κ2) is 4.98. The molecule has 17 heavy (non-hydrogen) atoms. The van der Waals surface area contributed by atoms with Crippen LogP contribution in [-0.4, -0.2) is 58.7 Å². The van der Waals surface area contributed by atoms with Crippen LogP contribution in [0, 0.1) is 0 Å². The first-order valence-electron chi connectivity index (χ1n) is 5.08. The lowest BCUT2D eigenvalue weighted by atomic mass is 10.3. The van der Waals surface area contributed by atoms with E-state index in [4.69, 9.17) is 9.02 Å². The van der Waals surface area contributed by atoms with Gasteiger partial charge in [0.1, 0.15) is 5.84 Å². The molecule has 0 aromatic rings. The zero-order valence-electron chi connectivity index (χ0n) is 9.58. The maximum atomic E-state index is 12.0. The Morgan fingerprint density at radius 3 is 2.88 bits per heavy atom. The predicted octanol–water partition coefficient (Wildman–Crippen LogP) is -0.772. The fourth-order valence-electron chi connectivity index (χ4n) is 1.75. The maximum Gasteiger partial charge on any atom is 0.351 e. The Bertz CT molecular complexity index is 375. The van der Waals surface area contributed by atoms with Gasteiger partial charge in [0, 0.05) is 19.2 Å². The first-order chi connectivity index (χ1) is 8.13. The molecule has 0 radical (unpaired) electrons. The lowest BCUT2D eigenvalue weighted by molar-refractivity contribution is -0.0790. The van der Waals surface area contributed by atoms with Crippen LogP contribution in [-0.2, 0) is 20.1 Å². The molecule has 8 nitrogen and oxygen atoms in total. The van der Waals surface area contributed by atoms with E-state index in [-0.39, 0.29) is 12.6 Å². The van der Waals surface area contributed by atoms with Crippen molar-refractivity contribution >= 4 is 22.9 Å². The van der Waals surface area contributed by atoms with E-state index in [0.29, 0.717) is 18.8 Å². The van der Waals surface area contributed by atoms with Crippen LogP contribution in [0.5, 0.6) is 0 Å². The topological polar surface area (TPSA) is 83.5 Å². The Morgan fingerprint density at radius 1 is 1.59 bits per heavy atom. The molecule has 0 aromatic heterocycles. The molecule has 2 amide bonds. The lowest BCUT2D eigenvalue weighted by Crippen LogP contribution is -2.40. The zero-order chi connectivity index (χ0) is 12.4. The van der Waals surface area contributed by atoms with Crippen LogP contribution in [0.4, 0.5) is 4.79 Å². The van der Waals surface area contributed by atoms with E-state index < -0.39 is 17.3 Å². The van der Waals surface area contributed by atoms with Crippen LogP contribution in [0.1, 0.15) is 6.42 Å². The molecule has 96 valence electrons. The summed E-state index contributed by atoms with van der Waals surface area (Å²) in [6.45, 7) is 0.877. The number of hydroxylamine groups is 2. The minimum atomic E-state index is -1.46. The number of rotatable bonds is 3. The van der Waals surface area contributed by atoms with Crippen molar-refractivity contribution in [1.29, 1.82) is 0 Å². The Hall–Kier alpha value is -1.19. The van der Waals surface area contributed by atoms with Crippen LogP contribution >= 0.6 is 0 Å². The SMILES string of the molecule is CON1CC(OS(C)=O)N(C2=NNCC2)C1=O. The average Bonchev–Trinajstić information content (AvgIpc) is 2.85. The molecular formula is C8H14N4O4S. The fourth-order valence-corrected chi connectivity index (χ4v) is 2.21. The van der Waals surface area contributed by atoms with Crippen LogP contribution in [0.3, 0.4) is 0 Å². The number of hydrazone groups is 1. The maximum absolute atomic E-state index is 12.0. The van der Waals surface area contributed by atoms with Gasteiger partial charge in [-0.1, -0.05) is 0 Å². The van der Waals surface area contributed by atoms with E-state index >= 15 is 0 Å². The summed E-state index contributed by atoms with van der Waals surface area (Å²) in [5.74, 6) is 0.574. The van der Waals surface area contributed by atoms with Gasteiger partial charge in [-0.2, -0.15) is 10.2 Å². The summed E-state index contributed by atoms with van der Waals surface area (Å²) in [5.41, 5.74) is 2.78. The molecule has 0 spiro atoms. The highest BCUT2D eigenvalue weighted by Crippen LogP contribution is 2.20. The number of hydrogen-bond acceptors (Lipinski definition) is 6. The van der Waals surface area contributed by atoms with Crippen LogP contribution in [0.25, 0.3) is 0 Å². The van der Waals surface area contributed by atoms with Gasteiger partial charge >= 0.3 is 6.03 Å². The number of carbonyl (C=O) groups excluding carboxylic acids is 1. The van der Waals surface area contributed by atoms with Gasteiger partial charge < -0.3 is 5.43 Å². The van der Waals surface area contributed by atoms with E-state index in [1.54, 1.807) is 0 Å². The van der Waals surface area contributed by atoms with Crippen molar-refractivity contribution in [2.75, 3.05) is 26.5 Å². The number of carbonyl (C=O) groups is 1. The highest BCUT2D eigenvalue weighted by molar-refractivity contribution is 7.79. The average molecular weight is 262 g/mol. The third-order valence-electron chi connectivity index (χ3n) is 2.44. The number of hydrogen-bond donors (Lipinski definition) is 1. The molecule has 0 aromatic carbocycles. The summed E-state index contributed by atoms with van der Waals surface area (Å²) < 4.78 is 16.3.